The van der Waals surface area contributed by atoms with Crippen LogP contribution >= 0.6 is 0 Å². The van der Waals surface area contributed by atoms with Gasteiger partial charge in [-0.2, -0.15) is 0 Å². The summed E-state index contributed by atoms with van der Waals surface area (Å²) in [5.74, 6) is -2.70. The number of nitro groups is 1. The average Bonchev–Trinajstić information content (AvgIpc) is 2.66. The second kappa shape index (κ2) is 6.20. The number of carbonyl (C=O) groups excluding carboxylic acids is 2. The molecule has 0 radical (unpaired) electrons. The normalized spacial score (nSPS) is 12.3. The number of hydrogen-bond acceptors (Lipinski definition) is 7. The number of anilines is 2. The molecule has 0 amide bonds. The van der Waals surface area contributed by atoms with Crippen LogP contribution in [-0.4, -0.2) is 26.7 Å². The van der Waals surface area contributed by atoms with Crippen molar-refractivity contribution in [1.29, 1.82) is 0 Å². The number of nitro benzene ring substituents is 1. The summed E-state index contributed by atoms with van der Waals surface area (Å²) in [5, 5.41) is 34.7. The minimum Gasteiger partial charge on any atom is -0.507 e. The third-order valence-electron chi connectivity index (χ3n) is 4.46. The fourth-order valence-electron chi connectivity index (χ4n) is 3.26. The summed E-state index contributed by atoms with van der Waals surface area (Å²) in [5.41, 5.74) is -1.02. The smallest absolute Gasteiger partial charge is 0.281 e. The second-order valence-corrected chi connectivity index (χ2v) is 6.18. The Labute approximate surface area is 157 Å². The van der Waals surface area contributed by atoms with Crippen LogP contribution in [0.25, 0.3) is 0 Å². The first-order chi connectivity index (χ1) is 13.4. The molecule has 0 fully saturated rings. The van der Waals surface area contributed by atoms with Gasteiger partial charge in [0.1, 0.15) is 17.1 Å². The fraction of sp³-hybridized carbons (Fsp3) is 0. The number of phenolic OH excluding ortho intramolecular Hbond substituents is 2. The summed E-state index contributed by atoms with van der Waals surface area (Å²) in [7, 11) is 0. The second-order valence-electron chi connectivity index (χ2n) is 6.18. The molecule has 28 heavy (non-hydrogen) atoms. The minimum atomic E-state index is -0.893. The molecule has 0 saturated carbocycles. The van der Waals surface area contributed by atoms with Crippen molar-refractivity contribution in [2.24, 2.45) is 0 Å². The van der Waals surface area contributed by atoms with E-state index < -0.39 is 44.8 Å². The highest BCUT2D eigenvalue weighted by Crippen LogP contribution is 2.41. The fourth-order valence-corrected chi connectivity index (χ4v) is 3.26. The molecular formula is C20H12N2O6. The van der Waals surface area contributed by atoms with Crippen LogP contribution in [0, 0.1) is 10.1 Å². The first-order valence-electron chi connectivity index (χ1n) is 8.17. The van der Waals surface area contributed by atoms with Crippen molar-refractivity contribution in [2.45, 2.75) is 0 Å². The first-order valence-corrected chi connectivity index (χ1v) is 8.17. The Morgan fingerprint density at radius 3 is 2.18 bits per heavy atom. The van der Waals surface area contributed by atoms with E-state index in [1.165, 1.54) is 12.1 Å². The van der Waals surface area contributed by atoms with Gasteiger partial charge in [0.2, 0.25) is 5.78 Å². The minimum absolute atomic E-state index is 0.147. The molecule has 0 saturated heterocycles. The van der Waals surface area contributed by atoms with E-state index in [1.807, 2.05) is 6.07 Å². The third-order valence-corrected chi connectivity index (χ3v) is 4.46. The van der Waals surface area contributed by atoms with Gasteiger partial charge in [-0.1, -0.05) is 18.2 Å². The summed E-state index contributed by atoms with van der Waals surface area (Å²) >= 11 is 0. The number of nitrogens with one attached hydrogen (secondary N) is 1. The van der Waals surface area contributed by atoms with Crippen molar-refractivity contribution in [3.63, 3.8) is 0 Å². The summed E-state index contributed by atoms with van der Waals surface area (Å²) in [6.45, 7) is 0. The lowest BCUT2D eigenvalue weighted by atomic mass is 9.82. The van der Waals surface area contributed by atoms with E-state index in [-0.39, 0.29) is 11.1 Å². The van der Waals surface area contributed by atoms with Crippen molar-refractivity contribution in [2.75, 3.05) is 5.32 Å². The Balaban J connectivity index is 1.90. The number of hydrogen-bond donors (Lipinski definition) is 3. The molecule has 3 aromatic carbocycles. The zero-order chi connectivity index (χ0) is 20.0. The Hall–Kier alpha value is -4.20. The van der Waals surface area contributed by atoms with Gasteiger partial charge in [0, 0.05) is 29.1 Å². The molecule has 0 unspecified atom stereocenters. The largest absolute Gasteiger partial charge is 0.507 e. The van der Waals surface area contributed by atoms with E-state index in [4.69, 9.17) is 0 Å². The van der Waals surface area contributed by atoms with Crippen molar-refractivity contribution in [3.8, 4) is 11.5 Å². The summed E-state index contributed by atoms with van der Waals surface area (Å²) < 4.78 is 0. The lowest BCUT2D eigenvalue weighted by Crippen LogP contribution is -2.22. The van der Waals surface area contributed by atoms with Crippen LogP contribution in [0.4, 0.5) is 17.1 Å². The maximum absolute atomic E-state index is 12.9. The van der Waals surface area contributed by atoms with Crippen LogP contribution in [-0.2, 0) is 0 Å². The highest BCUT2D eigenvalue weighted by Gasteiger charge is 2.39. The van der Waals surface area contributed by atoms with Crippen molar-refractivity contribution >= 4 is 28.6 Å². The molecule has 1 aliphatic rings. The van der Waals surface area contributed by atoms with Crippen LogP contribution < -0.4 is 5.32 Å². The number of carbonyl (C=O) groups is 2. The monoisotopic (exact) mass is 376 g/mol. The lowest BCUT2D eigenvalue weighted by molar-refractivity contribution is -0.385. The zero-order valence-electron chi connectivity index (χ0n) is 14.2. The number of rotatable bonds is 3. The van der Waals surface area contributed by atoms with Gasteiger partial charge >= 0.3 is 0 Å². The van der Waals surface area contributed by atoms with Gasteiger partial charge in [-0.25, -0.2) is 0 Å². The standard InChI is InChI=1S/C20H12N2O6/c23-14-7-6-13(22(27)28)17-18(14)19(25)12-8-11(9-15(24)16(12)20(17)26)21-10-4-2-1-3-5-10/h1-9,21,23-24H. The van der Waals surface area contributed by atoms with Crippen LogP contribution in [0.5, 0.6) is 11.5 Å². The molecule has 8 nitrogen and oxygen atoms in total. The van der Waals surface area contributed by atoms with Crippen molar-refractivity contribution in [3.05, 3.63) is 87.0 Å². The maximum Gasteiger partial charge on any atom is 0.281 e. The molecule has 0 aliphatic heterocycles. The number of fused-ring (bicyclic) bond motifs is 2. The van der Waals surface area contributed by atoms with Crippen LogP contribution in [0.15, 0.2) is 54.6 Å². The summed E-state index contributed by atoms with van der Waals surface area (Å²) in [4.78, 5) is 36.3. The topological polar surface area (TPSA) is 130 Å². The number of para-hydroxylation sites is 1. The Kier molecular flexibility index (Phi) is 3.82. The molecule has 0 aromatic heterocycles. The van der Waals surface area contributed by atoms with Gasteiger partial charge in [-0.3, -0.25) is 19.7 Å². The lowest BCUT2D eigenvalue weighted by Gasteiger charge is -2.20. The number of phenols is 2. The SMILES string of the molecule is O=C1c2cc(Nc3ccccc3)cc(O)c2C(=O)c2c([N+](=O)[O-])ccc(O)c21. The zero-order valence-corrected chi connectivity index (χ0v) is 14.2. The quantitative estimate of drug-likeness (QED) is 0.368. The molecule has 1 aliphatic carbocycles. The molecule has 0 bridgehead atoms. The maximum atomic E-state index is 12.9. The van der Waals surface area contributed by atoms with Crippen molar-refractivity contribution in [1.82, 2.24) is 0 Å². The molecule has 3 aromatic rings. The van der Waals surface area contributed by atoms with Gasteiger partial charge in [-0.05, 0) is 24.3 Å². The van der Waals surface area contributed by atoms with Gasteiger partial charge in [0.15, 0.2) is 5.78 Å². The summed E-state index contributed by atoms with van der Waals surface area (Å²) in [6.07, 6.45) is 0. The highest BCUT2D eigenvalue weighted by molar-refractivity contribution is 6.31. The number of nitrogens with zero attached hydrogens (tertiary/aromatic N) is 1. The van der Waals surface area contributed by atoms with Crippen LogP contribution in [0.1, 0.15) is 31.8 Å². The molecule has 0 atom stereocenters. The van der Waals surface area contributed by atoms with Crippen molar-refractivity contribution < 1.29 is 24.7 Å². The predicted octanol–water partition coefficient (Wildman–Crippen LogP) is 3.53. The van der Waals surface area contributed by atoms with E-state index in [9.17, 15) is 29.9 Å². The Bertz CT molecular complexity index is 1170. The third kappa shape index (κ3) is 2.55. The van der Waals surface area contributed by atoms with Gasteiger partial charge < -0.3 is 15.5 Å². The Morgan fingerprint density at radius 2 is 1.50 bits per heavy atom. The van der Waals surface area contributed by atoms with E-state index in [0.717, 1.165) is 12.1 Å². The Morgan fingerprint density at radius 1 is 0.786 bits per heavy atom. The number of aromatic hydroxyl groups is 2. The van der Waals surface area contributed by atoms with Gasteiger partial charge in [0.25, 0.3) is 5.69 Å². The van der Waals surface area contributed by atoms with Gasteiger partial charge in [-0.15, -0.1) is 0 Å². The van der Waals surface area contributed by atoms with E-state index >= 15 is 0 Å². The molecule has 4 rings (SSSR count). The van der Waals surface area contributed by atoms with E-state index in [1.54, 1.807) is 24.3 Å². The molecule has 8 heteroatoms. The molecule has 0 spiro atoms. The molecule has 138 valence electrons. The van der Waals surface area contributed by atoms with Crippen LogP contribution in [0.2, 0.25) is 0 Å². The van der Waals surface area contributed by atoms with Gasteiger partial charge in [0.05, 0.1) is 16.1 Å². The highest BCUT2D eigenvalue weighted by atomic mass is 16.6. The molecule has 0 heterocycles. The number of ketones is 2. The summed E-state index contributed by atoms with van der Waals surface area (Å²) in [6, 6.07) is 13.5. The van der Waals surface area contributed by atoms with E-state index in [0.29, 0.717) is 11.4 Å². The first kappa shape index (κ1) is 17.2. The number of benzene rings is 3. The average molecular weight is 376 g/mol. The molecule has 3 N–H and O–H groups in total. The van der Waals surface area contributed by atoms with Crippen LogP contribution in [0.3, 0.4) is 0 Å². The molecular weight excluding hydrogens is 364 g/mol. The predicted molar refractivity (Wildman–Crippen MR) is 99.5 cm³/mol. The van der Waals surface area contributed by atoms with E-state index in [2.05, 4.69) is 5.32 Å².